The highest BCUT2D eigenvalue weighted by Gasteiger charge is 2.46. The number of piperidine rings is 2. The van der Waals surface area contributed by atoms with E-state index in [1.807, 2.05) is 0 Å². The first-order valence-electron chi connectivity index (χ1n) is 10.8. The Morgan fingerprint density at radius 3 is 2.15 bits per heavy atom. The molecule has 150 valence electrons. The van der Waals surface area contributed by atoms with Gasteiger partial charge in [0.05, 0.1) is 18.2 Å². The third kappa shape index (κ3) is 5.01. The van der Waals surface area contributed by atoms with Crippen molar-refractivity contribution in [1.29, 1.82) is 0 Å². The van der Waals surface area contributed by atoms with E-state index in [2.05, 4.69) is 44.4 Å². The number of carbonyl (C=O) groups excluding carboxylic acids is 1. The SMILES string of the molecule is CC(C)C1CC2(CCN(C(=O)CN3CCC(OC(C)(C)C)CC3)CC2)C1. The monoisotopic (exact) mass is 364 g/mol. The van der Waals surface area contributed by atoms with E-state index in [9.17, 15) is 4.79 Å². The fourth-order valence-electron chi connectivity index (χ4n) is 5.14. The molecule has 2 aliphatic heterocycles. The maximum Gasteiger partial charge on any atom is 0.236 e. The van der Waals surface area contributed by atoms with Crippen LogP contribution in [-0.2, 0) is 9.53 Å². The summed E-state index contributed by atoms with van der Waals surface area (Å²) in [5, 5.41) is 0. The van der Waals surface area contributed by atoms with Gasteiger partial charge >= 0.3 is 0 Å². The molecule has 3 fully saturated rings. The molecule has 0 aromatic carbocycles. The second-order valence-corrected chi connectivity index (χ2v) is 10.5. The highest BCUT2D eigenvalue weighted by Crippen LogP contribution is 2.54. The number of rotatable bonds is 4. The minimum atomic E-state index is -0.0669. The molecule has 0 bridgehead atoms. The van der Waals surface area contributed by atoms with Crippen molar-refractivity contribution in [2.75, 3.05) is 32.7 Å². The molecule has 26 heavy (non-hydrogen) atoms. The standard InChI is InChI=1S/C22H40N2O2/c1-17(2)18-14-22(15-18)8-12-24(13-9-22)20(25)16-23-10-6-19(7-11-23)26-21(3,4)5/h17-19H,6-16H2,1-5H3. The van der Waals surface area contributed by atoms with Crippen molar-refractivity contribution in [1.82, 2.24) is 9.80 Å². The normalized spacial score (nSPS) is 25.7. The van der Waals surface area contributed by atoms with Crippen molar-refractivity contribution in [3.63, 3.8) is 0 Å². The number of likely N-dealkylation sites (tertiary alicyclic amines) is 2. The summed E-state index contributed by atoms with van der Waals surface area (Å²) < 4.78 is 6.09. The van der Waals surface area contributed by atoms with Crippen LogP contribution in [0.2, 0.25) is 0 Å². The van der Waals surface area contributed by atoms with Crippen LogP contribution in [0.25, 0.3) is 0 Å². The molecule has 4 heteroatoms. The van der Waals surface area contributed by atoms with Gasteiger partial charge in [-0.05, 0) is 76.5 Å². The van der Waals surface area contributed by atoms with Crippen molar-refractivity contribution in [2.24, 2.45) is 17.3 Å². The number of ether oxygens (including phenoxy) is 1. The molecule has 1 spiro atoms. The Morgan fingerprint density at radius 2 is 1.65 bits per heavy atom. The fraction of sp³-hybridized carbons (Fsp3) is 0.955. The third-order valence-electron chi connectivity index (χ3n) is 6.92. The number of carbonyl (C=O) groups is 1. The van der Waals surface area contributed by atoms with Gasteiger partial charge in [-0.2, -0.15) is 0 Å². The number of hydrogen-bond donors (Lipinski definition) is 0. The van der Waals surface area contributed by atoms with Crippen molar-refractivity contribution in [3.05, 3.63) is 0 Å². The van der Waals surface area contributed by atoms with Crippen LogP contribution in [0.5, 0.6) is 0 Å². The molecule has 0 radical (unpaired) electrons. The summed E-state index contributed by atoms with van der Waals surface area (Å²) in [5.74, 6) is 2.09. The summed E-state index contributed by atoms with van der Waals surface area (Å²) in [7, 11) is 0. The van der Waals surface area contributed by atoms with Gasteiger partial charge in [0.25, 0.3) is 0 Å². The molecule has 1 saturated carbocycles. The van der Waals surface area contributed by atoms with Crippen LogP contribution in [0.3, 0.4) is 0 Å². The Hall–Kier alpha value is -0.610. The van der Waals surface area contributed by atoms with Crippen molar-refractivity contribution >= 4 is 5.91 Å². The van der Waals surface area contributed by atoms with Crippen LogP contribution < -0.4 is 0 Å². The van der Waals surface area contributed by atoms with Crippen LogP contribution in [-0.4, -0.2) is 60.1 Å². The lowest BCUT2D eigenvalue weighted by Crippen LogP contribution is -2.52. The van der Waals surface area contributed by atoms with Gasteiger partial charge in [0.15, 0.2) is 0 Å². The largest absolute Gasteiger partial charge is 0.373 e. The first-order chi connectivity index (χ1) is 12.2. The minimum Gasteiger partial charge on any atom is -0.373 e. The maximum atomic E-state index is 12.7. The Morgan fingerprint density at radius 1 is 1.08 bits per heavy atom. The van der Waals surface area contributed by atoms with Crippen LogP contribution in [0.4, 0.5) is 0 Å². The molecule has 0 aromatic heterocycles. The first-order valence-corrected chi connectivity index (χ1v) is 10.8. The number of nitrogens with zero attached hydrogens (tertiary/aromatic N) is 2. The predicted molar refractivity (Wildman–Crippen MR) is 106 cm³/mol. The molecular weight excluding hydrogens is 324 g/mol. The van der Waals surface area contributed by atoms with Crippen LogP contribution >= 0.6 is 0 Å². The van der Waals surface area contributed by atoms with Gasteiger partial charge in [-0.25, -0.2) is 0 Å². The summed E-state index contributed by atoms with van der Waals surface area (Å²) in [6.07, 6.45) is 7.69. The Balaban J connectivity index is 1.37. The van der Waals surface area contributed by atoms with E-state index >= 15 is 0 Å². The molecule has 0 aromatic rings. The minimum absolute atomic E-state index is 0.0669. The van der Waals surface area contributed by atoms with E-state index in [0.29, 0.717) is 24.0 Å². The molecule has 1 aliphatic carbocycles. The number of amides is 1. The lowest BCUT2D eigenvalue weighted by Gasteiger charge is -2.54. The first kappa shape index (κ1) is 20.1. The van der Waals surface area contributed by atoms with Gasteiger partial charge in [-0.3, -0.25) is 9.69 Å². The molecule has 0 N–H and O–H groups in total. The van der Waals surface area contributed by atoms with Crippen LogP contribution in [0.15, 0.2) is 0 Å². The van der Waals surface area contributed by atoms with Gasteiger partial charge < -0.3 is 9.64 Å². The lowest BCUT2D eigenvalue weighted by atomic mass is 9.55. The second kappa shape index (κ2) is 7.79. The highest BCUT2D eigenvalue weighted by molar-refractivity contribution is 5.78. The average molecular weight is 365 g/mol. The third-order valence-corrected chi connectivity index (χ3v) is 6.92. The average Bonchev–Trinajstić information content (AvgIpc) is 2.53. The number of hydrogen-bond acceptors (Lipinski definition) is 3. The van der Waals surface area contributed by atoms with Gasteiger partial charge in [-0.1, -0.05) is 13.8 Å². The lowest BCUT2D eigenvalue weighted by molar-refractivity contribution is -0.138. The van der Waals surface area contributed by atoms with Gasteiger partial charge in [0.1, 0.15) is 0 Å². The molecular formula is C22H40N2O2. The molecule has 3 aliphatic rings. The zero-order valence-corrected chi connectivity index (χ0v) is 17.7. The predicted octanol–water partition coefficient (Wildman–Crippen LogP) is 3.94. The zero-order chi connectivity index (χ0) is 18.9. The van der Waals surface area contributed by atoms with E-state index in [1.54, 1.807) is 0 Å². The van der Waals surface area contributed by atoms with E-state index in [4.69, 9.17) is 4.74 Å². The quantitative estimate of drug-likeness (QED) is 0.757. The van der Waals surface area contributed by atoms with E-state index in [-0.39, 0.29) is 5.60 Å². The van der Waals surface area contributed by atoms with E-state index in [0.717, 1.165) is 50.9 Å². The molecule has 2 heterocycles. The fourth-order valence-corrected chi connectivity index (χ4v) is 5.14. The molecule has 4 nitrogen and oxygen atoms in total. The van der Waals surface area contributed by atoms with E-state index in [1.165, 1.54) is 25.7 Å². The molecule has 1 amide bonds. The van der Waals surface area contributed by atoms with Crippen molar-refractivity contribution in [3.8, 4) is 0 Å². The van der Waals surface area contributed by atoms with Crippen LogP contribution in [0.1, 0.15) is 73.1 Å². The molecule has 2 saturated heterocycles. The van der Waals surface area contributed by atoms with Gasteiger partial charge in [0, 0.05) is 26.2 Å². The molecule has 0 unspecified atom stereocenters. The summed E-state index contributed by atoms with van der Waals surface area (Å²) in [6, 6.07) is 0. The van der Waals surface area contributed by atoms with E-state index < -0.39 is 0 Å². The molecule has 0 atom stereocenters. The molecule has 3 rings (SSSR count). The summed E-state index contributed by atoms with van der Waals surface area (Å²) >= 11 is 0. The summed E-state index contributed by atoms with van der Waals surface area (Å²) in [6.45, 7) is 15.6. The Kier molecular flexibility index (Phi) is 6.03. The summed E-state index contributed by atoms with van der Waals surface area (Å²) in [5.41, 5.74) is 0.511. The Labute approximate surface area is 160 Å². The van der Waals surface area contributed by atoms with Crippen LogP contribution in [0, 0.1) is 17.3 Å². The topological polar surface area (TPSA) is 32.8 Å². The highest BCUT2D eigenvalue weighted by atomic mass is 16.5. The Bertz CT molecular complexity index is 473. The van der Waals surface area contributed by atoms with Gasteiger partial charge in [0.2, 0.25) is 5.91 Å². The zero-order valence-electron chi connectivity index (χ0n) is 17.7. The maximum absolute atomic E-state index is 12.7. The van der Waals surface area contributed by atoms with Crippen molar-refractivity contribution in [2.45, 2.75) is 84.8 Å². The second-order valence-electron chi connectivity index (χ2n) is 10.5. The summed E-state index contributed by atoms with van der Waals surface area (Å²) in [4.78, 5) is 17.2. The van der Waals surface area contributed by atoms with Crippen molar-refractivity contribution < 1.29 is 9.53 Å². The van der Waals surface area contributed by atoms with Gasteiger partial charge in [-0.15, -0.1) is 0 Å². The smallest absolute Gasteiger partial charge is 0.236 e.